The molecule has 2 aromatic carbocycles. The number of rotatable bonds is 2. The molecular weight excluding hydrogens is 268 g/mol. The summed E-state index contributed by atoms with van der Waals surface area (Å²) in [6.45, 7) is 0.987. The van der Waals surface area contributed by atoms with Crippen LogP contribution in [0.4, 0.5) is 11.4 Å². The van der Waals surface area contributed by atoms with Gasteiger partial charge in [-0.3, -0.25) is 0 Å². The maximum atomic E-state index is 5.40. The number of aliphatic imine (C=N–C) groups is 1. The van der Waals surface area contributed by atoms with E-state index in [2.05, 4.69) is 33.6 Å². The Kier molecular flexibility index (Phi) is 3.92. The van der Waals surface area contributed by atoms with Gasteiger partial charge >= 0.3 is 0 Å². The van der Waals surface area contributed by atoms with Gasteiger partial charge in [0.1, 0.15) is 0 Å². The number of nitrogens with zero attached hydrogens (tertiary/aromatic N) is 2. The van der Waals surface area contributed by atoms with Crippen molar-refractivity contribution in [2.45, 2.75) is 6.42 Å². The van der Waals surface area contributed by atoms with Crippen molar-refractivity contribution >= 4 is 28.6 Å². The van der Waals surface area contributed by atoms with Gasteiger partial charge in [0.15, 0.2) is 0 Å². The molecule has 2 aromatic rings. The third-order valence-corrected chi connectivity index (χ3v) is 4.20. The number of para-hydroxylation sites is 2. The van der Waals surface area contributed by atoms with E-state index in [1.165, 1.54) is 11.3 Å². The van der Waals surface area contributed by atoms with Gasteiger partial charge in [-0.05, 0) is 30.2 Å². The Bertz CT molecular complexity index is 613. The molecule has 0 unspecified atom stereocenters. The molecule has 20 heavy (non-hydrogen) atoms. The summed E-state index contributed by atoms with van der Waals surface area (Å²) < 4.78 is 7.64. The van der Waals surface area contributed by atoms with Crippen molar-refractivity contribution < 1.29 is 4.74 Å². The predicted molar refractivity (Wildman–Crippen MR) is 85.6 cm³/mol. The van der Waals surface area contributed by atoms with Crippen LogP contribution in [0.5, 0.6) is 0 Å². The minimum absolute atomic E-state index is 0.660. The lowest BCUT2D eigenvalue weighted by molar-refractivity contribution is 0.416. The Balaban J connectivity index is 1.78. The highest BCUT2D eigenvalue weighted by molar-refractivity contribution is 8.14. The van der Waals surface area contributed by atoms with Gasteiger partial charge in [0, 0.05) is 18.5 Å². The van der Waals surface area contributed by atoms with E-state index in [1.807, 2.05) is 30.3 Å². The summed E-state index contributed by atoms with van der Waals surface area (Å²) >= 11 is 1.55. The Morgan fingerprint density at radius 1 is 1.10 bits per heavy atom. The van der Waals surface area contributed by atoms with Gasteiger partial charge in [-0.2, -0.15) is 0 Å². The van der Waals surface area contributed by atoms with E-state index in [1.54, 1.807) is 19.1 Å². The molecule has 0 bridgehead atoms. The fourth-order valence-corrected chi connectivity index (χ4v) is 3.08. The van der Waals surface area contributed by atoms with Crippen LogP contribution in [0.25, 0.3) is 0 Å². The maximum Gasteiger partial charge on any atom is 0.272 e. The summed E-state index contributed by atoms with van der Waals surface area (Å²) in [6, 6.07) is 18.3. The van der Waals surface area contributed by atoms with Crippen molar-refractivity contribution in [1.29, 1.82) is 0 Å². The summed E-state index contributed by atoms with van der Waals surface area (Å²) in [4.78, 5) is 4.53. The van der Waals surface area contributed by atoms with Crippen LogP contribution in [-0.2, 0) is 11.2 Å². The third-order valence-electron chi connectivity index (χ3n) is 3.18. The molecule has 102 valence electrons. The first-order valence-corrected chi connectivity index (χ1v) is 7.35. The van der Waals surface area contributed by atoms with Gasteiger partial charge in [-0.25, -0.2) is 4.99 Å². The minimum atomic E-state index is 0.660. The second-order valence-electron chi connectivity index (χ2n) is 4.49. The van der Waals surface area contributed by atoms with Gasteiger partial charge in [0.25, 0.3) is 5.23 Å². The molecule has 1 heterocycles. The molecule has 0 radical (unpaired) electrons. The zero-order valence-corrected chi connectivity index (χ0v) is 12.1. The van der Waals surface area contributed by atoms with Crippen molar-refractivity contribution in [3.8, 4) is 0 Å². The predicted octanol–water partition coefficient (Wildman–Crippen LogP) is 4.03. The van der Waals surface area contributed by atoms with Crippen LogP contribution < -0.4 is 4.31 Å². The molecule has 1 aliphatic heterocycles. The number of anilines is 1. The van der Waals surface area contributed by atoms with Crippen LogP contribution in [0.2, 0.25) is 0 Å². The molecule has 0 saturated carbocycles. The number of hydrogen-bond acceptors (Lipinski definition) is 4. The smallest absolute Gasteiger partial charge is 0.272 e. The number of hydrogen-bond donors (Lipinski definition) is 0. The van der Waals surface area contributed by atoms with Crippen molar-refractivity contribution in [2.24, 2.45) is 4.99 Å². The molecule has 4 heteroatoms. The average Bonchev–Trinajstić information content (AvgIpc) is 2.91. The van der Waals surface area contributed by atoms with Gasteiger partial charge in [0.2, 0.25) is 0 Å². The lowest BCUT2D eigenvalue weighted by Crippen LogP contribution is -2.14. The molecule has 0 aliphatic carbocycles. The average molecular weight is 284 g/mol. The molecule has 0 atom stereocenters. The van der Waals surface area contributed by atoms with Crippen LogP contribution >= 0.6 is 11.9 Å². The summed E-state index contributed by atoms with van der Waals surface area (Å²) in [6.07, 6.45) is 1.07. The zero-order valence-electron chi connectivity index (χ0n) is 11.3. The highest BCUT2D eigenvalue weighted by Crippen LogP contribution is 2.33. The Morgan fingerprint density at radius 2 is 1.85 bits per heavy atom. The van der Waals surface area contributed by atoms with E-state index in [0.29, 0.717) is 5.23 Å². The normalized spacial score (nSPS) is 14.2. The zero-order chi connectivity index (χ0) is 13.8. The van der Waals surface area contributed by atoms with Gasteiger partial charge < -0.3 is 9.04 Å². The van der Waals surface area contributed by atoms with Crippen molar-refractivity contribution in [2.75, 3.05) is 18.0 Å². The van der Waals surface area contributed by atoms with Gasteiger partial charge in [-0.1, -0.05) is 36.4 Å². The molecule has 3 nitrogen and oxygen atoms in total. The topological polar surface area (TPSA) is 24.8 Å². The maximum absolute atomic E-state index is 5.40. The Labute approximate surface area is 123 Å². The van der Waals surface area contributed by atoms with E-state index in [9.17, 15) is 0 Å². The van der Waals surface area contributed by atoms with E-state index in [4.69, 9.17) is 4.74 Å². The van der Waals surface area contributed by atoms with Crippen LogP contribution in [0, 0.1) is 0 Å². The molecule has 0 fully saturated rings. The molecular formula is C16H16N2OS. The molecule has 0 N–H and O–H groups in total. The van der Waals surface area contributed by atoms with E-state index < -0.39 is 0 Å². The summed E-state index contributed by atoms with van der Waals surface area (Å²) in [7, 11) is 1.66. The number of ether oxygens (including phenoxy) is 1. The lowest BCUT2D eigenvalue weighted by Gasteiger charge is -2.17. The van der Waals surface area contributed by atoms with Crippen molar-refractivity contribution in [3.05, 3.63) is 60.2 Å². The fourth-order valence-electron chi connectivity index (χ4n) is 2.21. The SMILES string of the molecule is COC(=Nc1ccccc1)SN1CCc2ccccc21. The number of benzene rings is 2. The first-order valence-electron chi connectivity index (χ1n) is 6.58. The number of methoxy groups -OCH3 is 1. The van der Waals surface area contributed by atoms with E-state index >= 15 is 0 Å². The Morgan fingerprint density at radius 3 is 2.65 bits per heavy atom. The summed E-state index contributed by atoms with van der Waals surface area (Å²) in [5.41, 5.74) is 3.55. The van der Waals surface area contributed by atoms with Crippen molar-refractivity contribution in [3.63, 3.8) is 0 Å². The van der Waals surface area contributed by atoms with Crippen LogP contribution in [0.15, 0.2) is 59.6 Å². The van der Waals surface area contributed by atoms with E-state index in [0.717, 1.165) is 18.7 Å². The molecule has 0 amide bonds. The minimum Gasteiger partial charge on any atom is -0.475 e. The molecule has 1 aliphatic rings. The second kappa shape index (κ2) is 6.01. The lowest BCUT2D eigenvalue weighted by atomic mass is 10.2. The summed E-state index contributed by atoms with van der Waals surface area (Å²) in [5, 5.41) is 0.660. The highest BCUT2D eigenvalue weighted by Gasteiger charge is 2.21. The van der Waals surface area contributed by atoms with Crippen LogP contribution in [0.1, 0.15) is 5.56 Å². The Hall–Kier alpha value is -1.94. The monoisotopic (exact) mass is 284 g/mol. The first kappa shape index (κ1) is 13.1. The second-order valence-corrected chi connectivity index (χ2v) is 5.46. The van der Waals surface area contributed by atoms with Crippen LogP contribution in [0.3, 0.4) is 0 Å². The molecule has 3 rings (SSSR count). The molecule has 0 aromatic heterocycles. The largest absolute Gasteiger partial charge is 0.475 e. The van der Waals surface area contributed by atoms with Gasteiger partial charge in [-0.15, -0.1) is 0 Å². The highest BCUT2D eigenvalue weighted by atomic mass is 32.2. The van der Waals surface area contributed by atoms with Crippen molar-refractivity contribution in [1.82, 2.24) is 0 Å². The first-order chi connectivity index (χ1) is 9.86. The quantitative estimate of drug-likeness (QED) is 0.473. The third kappa shape index (κ3) is 2.80. The van der Waals surface area contributed by atoms with Gasteiger partial charge in [0.05, 0.1) is 18.5 Å². The van der Waals surface area contributed by atoms with E-state index in [-0.39, 0.29) is 0 Å². The fraction of sp³-hybridized carbons (Fsp3) is 0.188. The van der Waals surface area contributed by atoms with Crippen LogP contribution in [-0.4, -0.2) is 18.9 Å². The summed E-state index contributed by atoms with van der Waals surface area (Å²) in [5.74, 6) is 0. The molecule has 0 spiro atoms. The number of fused-ring (bicyclic) bond motifs is 1. The standard InChI is InChI=1S/C16H16N2OS/c1-19-16(17-14-8-3-2-4-9-14)20-18-12-11-13-7-5-6-10-15(13)18/h2-10H,11-12H2,1H3. The molecule has 0 saturated heterocycles.